The highest BCUT2D eigenvalue weighted by molar-refractivity contribution is 7.14. The average molecular weight is 425 g/mol. The molecule has 1 N–H and O–H groups in total. The standard InChI is InChI=1S/C21H17F2N5OS/c1-12-5-6-13(19-26-27-20(30-19)14-9-21(22,23)10-14)8-15(12)25-18(29)16-11-24-17-4-2-3-7-28(16)17/h2-8,11,14H,9-10H2,1H3,(H,25,29). The van der Waals surface area contributed by atoms with Crippen LogP contribution in [0.5, 0.6) is 0 Å². The van der Waals surface area contributed by atoms with Crippen LogP contribution in [0.3, 0.4) is 0 Å². The summed E-state index contributed by atoms with van der Waals surface area (Å²) in [7, 11) is 0. The van der Waals surface area contributed by atoms with Gasteiger partial charge < -0.3 is 5.32 Å². The highest BCUT2D eigenvalue weighted by atomic mass is 32.1. The molecule has 1 aromatic carbocycles. The summed E-state index contributed by atoms with van der Waals surface area (Å²) in [4.78, 5) is 17.1. The largest absolute Gasteiger partial charge is 0.320 e. The van der Waals surface area contributed by atoms with E-state index in [1.807, 2.05) is 43.3 Å². The number of hydrogen-bond donors (Lipinski definition) is 1. The Morgan fingerprint density at radius 3 is 2.87 bits per heavy atom. The Bertz CT molecular complexity index is 1260. The molecule has 9 heteroatoms. The zero-order valence-corrected chi connectivity index (χ0v) is 16.8. The lowest BCUT2D eigenvalue weighted by Gasteiger charge is -2.32. The Hall–Kier alpha value is -3.20. The fourth-order valence-corrected chi connectivity index (χ4v) is 4.47. The third kappa shape index (κ3) is 3.35. The van der Waals surface area contributed by atoms with Crippen molar-refractivity contribution in [2.24, 2.45) is 0 Å². The smallest absolute Gasteiger partial charge is 0.274 e. The van der Waals surface area contributed by atoms with Gasteiger partial charge in [0.05, 0.1) is 6.20 Å². The number of alkyl halides is 2. The normalized spacial score (nSPS) is 15.8. The van der Waals surface area contributed by atoms with Crippen molar-refractivity contribution in [1.82, 2.24) is 19.6 Å². The number of carbonyl (C=O) groups is 1. The van der Waals surface area contributed by atoms with Crippen LogP contribution in [0.4, 0.5) is 14.5 Å². The second-order valence-corrected chi connectivity index (χ2v) is 8.47. The number of aromatic nitrogens is 4. The van der Waals surface area contributed by atoms with Crippen molar-refractivity contribution in [2.45, 2.75) is 31.6 Å². The summed E-state index contributed by atoms with van der Waals surface area (Å²) in [6.07, 6.45) is 2.98. The molecule has 5 rings (SSSR count). The molecule has 0 saturated heterocycles. The molecule has 1 fully saturated rings. The molecule has 1 saturated carbocycles. The maximum Gasteiger partial charge on any atom is 0.274 e. The van der Waals surface area contributed by atoms with Crippen molar-refractivity contribution < 1.29 is 13.6 Å². The summed E-state index contributed by atoms with van der Waals surface area (Å²) in [5, 5.41) is 12.5. The molecule has 0 aliphatic heterocycles. The van der Waals surface area contributed by atoms with E-state index in [1.54, 1.807) is 10.6 Å². The zero-order valence-electron chi connectivity index (χ0n) is 16.0. The number of halogens is 2. The number of benzene rings is 1. The molecule has 1 aliphatic carbocycles. The van der Waals surface area contributed by atoms with Crippen molar-refractivity contribution in [3.8, 4) is 10.6 Å². The number of nitrogens with one attached hydrogen (secondary N) is 1. The molecule has 4 aromatic rings. The van der Waals surface area contributed by atoms with Gasteiger partial charge in [-0.1, -0.05) is 29.5 Å². The maximum atomic E-state index is 13.1. The predicted octanol–water partition coefficient (Wildman–Crippen LogP) is 4.93. The second-order valence-electron chi connectivity index (χ2n) is 7.46. The average Bonchev–Trinajstić information content (AvgIpc) is 3.35. The second kappa shape index (κ2) is 6.94. The van der Waals surface area contributed by atoms with Crippen molar-refractivity contribution in [3.05, 3.63) is 65.1 Å². The van der Waals surface area contributed by atoms with Crippen LogP contribution < -0.4 is 5.32 Å². The third-order valence-corrected chi connectivity index (χ3v) is 6.40. The van der Waals surface area contributed by atoms with Gasteiger partial charge in [-0.15, -0.1) is 10.2 Å². The molecule has 3 heterocycles. The lowest BCUT2D eigenvalue weighted by molar-refractivity contribution is -0.0868. The highest BCUT2D eigenvalue weighted by Crippen LogP contribution is 2.49. The minimum Gasteiger partial charge on any atom is -0.320 e. The highest BCUT2D eigenvalue weighted by Gasteiger charge is 2.47. The zero-order chi connectivity index (χ0) is 20.9. The Kier molecular flexibility index (Phi) is 4.35. The van der Waals surface area contributed by atoms with E-state index >= 15 is 0 Å². The van der Waals surface area contributed by atoms with E-state index in [-0.39, 0.29) is 24.7 Å². The van der Waals surface area contributed by atoms with Crippen LogP contribution in [0.25, 0.3) is 16.2 Å². The summed E-state index contributed by atoms with van der Waals surface area (Å²) < 4.78 is 28.0. The van der Waals surface area contributed by atoms with Gasteiger partial charge in [-0.3, -0.25) is 9.20 Å². The molecule has 0 unspecified atom stereocenters. The van der Waals surface area contributed by atoms with Crippen LogP contribution in [-0.2, 0) is 0 Å². The van der Waals surface area contributed by atoms with E-state index in [2.05, 4.69) is 20.5 Å². The Balaban J connectivity index is 1.39. The molecule has 1 aliphatic rings. The van der Waals surface area contributed by atoms with E-state index in [4.69, 9.17) is 0 Å². The van der Waals surface area contributed by atoms with Crippen molar-refractivity contribution in [2.75, 3.05) is 5.32 Å². The van der Waals surface area contributed by atoms with E-state index in [1.165, 1.54) is 17.5 Å². The van der Waals surface area contributed by atoms with Crippen LogP contribution >= 0.6 is 11.3 Å². The van der Waals surface area contributed by atoms with Gasteiger partial charge in [-0.05, 0) is 30.7 Å². The quantitative estimate of drug-likeness (QED) is 0.503. The van der Waals surface area contributed by atoms with Crippen LogP contribution in [0, 0.1) is 6.92 Å². The van der Waals surface area contributed by atoms with Gasteiger partial charge >= 0.3 is 0 Å². The molecule has 3 aromatic heterocycles. The fraction of sp³-hybridized carbons (Fsp3) is 0.238. The number of aryl methyl sites for hydroxylation is 1. The van der Waals surface area contributed by atoms with Crippen LogP contribution in [0.2, 0.25) is 0 Å². The SMILES string of the molecule is Cc1ccc(-c2nnc(C3CC(F)(F)C3)s2)cc1NC(=O)c1cnc2ccccn12. The molecule has 1 amide bonds. The van der Waals surface area contributed by atoms with Gasteiger partial charge in [0.25, 0.3) is 5.91 Å². The number of hydrogen-bond acceptors (Lipinski definition) is 5. The van der Waals surface area contributed by atoms with Crippen LogP contribution in [0.15, 0.2) is 48.8 Å². The molecule has 0 bridgehead atoms. The first kappa shape index (κ1) is 18.8. The molecule has 0 spiro atoms. The van der Waals surface area contributed by atoms with Crippen LogP contribution in [0.1, 0.15) is 39.8 Å². The summed E-state index contributed by atoms with van der Waals surface area (Å²) >= 11 is 1.32. The molecule has 0 radical (unpaired) electrons. The molecule has 6 nitrogen and oxygen atoms in total. The van der Waals surface area contributed by atoms with E-state index in [0.29, 0.717) is 27.0 Å². The predicted molar refractivity (Wildman–Crippen MR) is 110 cm³/mol. The molecule has 152 valence electrons. The minimum atomic E-state index is -2.59. The third-order valence-electron chi connectivity index (χ3n) is 5.26. The van der Waals surface area contributed by atoms with Gasteiger partial charge in [-0.25, -0.2) is 13.8 Å². The molecule has 30 heavy (non-hydrogen) atoms. The number of carbonyl (C=O) groups excluding carboxylic acids is 1. The fourth-order valence-electron chi connectivity index (χ4n) is 3.53. The Labute approximate surface area is 174 Å². The monoisotopic (exact) mass is 425 g/mol. The Morgan fingerprint density at radius 1 is 1.23 bits per heavy atom. The number of amides is 1. The first-order valence-electron chi connectivity index (χ1n) is 9.45. The molecular formula is C21H17F2N5OS. The lowest BCUT2D eigenvalue weighted by Crippen LogP contribution is -2.33. The van der Waals surface area contributed by atoms with Crippen molar-refractivity contribution in [3.63, 3.8) is 0 Å². The van der Waals surface area contributed by atoms with Gasteiger partial charge in [-0.2, -0.15) is 0 Å². The summed E-state index contributed by atoms with van der Waals surface area (Å²) in [5.74, 6) is -3.09. The first-order chi connectivity index (χ1) is 14.4. The molecular weight excluding hydrogens is 408 g/mol. The number of anilines is 1. The maximum absolute atomic E-state index is 13.1. The van der Waals surface area contributed by atoms with Gasteiger partial charge in [0.2, 0.25) is 5.92 Å². The minimum absolute atomic E-state index is 0.170. The number of fused-ring (bicyclic) bond motifs is 1. The summed E-state index contributed by atoms with van der Waals surface area (Å²) in [6, 6.07) is 11.1. The van der Waals surface area contributed by atoms with Crippen LogP contribution in [-0.4, -0.2) is 31.4 Å². The van der Waals surface area contributed by atoms with E-state index in [0.717, 1.165) is 11.1 Å². The number of rotatable bonds is 4. The van der Waals surface area contributed by atoms with E-state index < -0.39 is 5.92 Å². The van der Waals surface area contributed by atoms with Gasteiger partial charge in [0.15, 0.2) is 0 Å². The molecule has 0 atom stereocenters. The van der Waals surface area contributed by atoms with Crippen molar-refractivity contribution >= 4 is 28.6 Å². The lowest BCUT2D eigenvalue weighted by atomic mass is 9.82. The topological polar surface area (TPSA) is 72.2 Å². The van der Waals surface area contributed by atoms with Crippen molar-refractivity contribution in [1.29, 1.82) is 0 Å². The number of nitrogens with zero attached hydrogens (tertiary/aromatic N) is 4. The summed E-state index contributed by atoms with van der Waals surface area (Å²) in [6.45, 7) is 1.90. The first-order valence-corrected chi connectivity index (χ1v) is 10.3. The number of imidazole rings is 1. The van der Waals surface area contributed by atoms with Gasteiger partial charge in [0.1, 0.15) is 21.4 Å². The van der Waals surface area contributed by atoms with E-state index in [9.17, 15) is 13.6 Å². The number of pyridine rings is 1. The Morgan fingerprint density at radius 2 is 2.07 bits per heavy atom. The van der Waals surface area contributed by atoms with Gasteiger partial charge in [0, 0.05) is 36.2 Å². The summed E-state index contributed by atoms with van der Waals surface area (Å²) in [5.41, 5.74) is 3.44.